The molecule has 1 saturated heterocycles. The van der Waals surface area contributed by atoms with E-state index in [1.807, 2.05) is 0 Å². The fourth-order valence-corrected chi connectivity index (χ4v) is 4.34. The molecule has 0 bridgehead atoms. The molecule has 5 rings (SSSR count). The molecular formula is C30H26O12. The fraction of sp³-hybridized carbons (Fsp3) is 0.200. The smallest absolute Gasteiger partial charge is 0.330 e. The van der Waals surface area contributed by atoms with Crippen LogP contribution in [0.1, 0.15) is 5.56 Å². The first kappa shape index (κ1) is 28.6. The molecule has 1 aliphatic rings. The number of carbonyl (C=O) groups is 1. The number of aliphatic hydroxyl groups excluding tert-OH is 3. The fourth-order valence-electron chi connectivity index (χ4n) is 4.34. The number of phenolic OH excluding ortho intramolecular Hbond substituents is 3. The summed E-state index contributed by atoms with van der Waals surface area (Å²) in [5, 5.41) is 60.0. The van der Waals surface area contributed by atoms with Crippen LogP contribution in [0.4, 0.5) is 0 Å². The molecular weight excluding hydrogens is 552 g/mol. The summed E-state index contributed by atoms with van der Waals surface area (Å²) in [6, 6.07) is 15.6. The van der Waals surface area contributed by atoms with E-state index < -0.39 is 54.5 Å². The van der Waals surface area contributed by atoms with Crippen LogP contribution in [0, 0.1) is 0 Å². The third kappa shape index (κ3) is 6.21. The van der Waals surface area contributed by atoms with Crippen LogP contribution in [0.2, 0.25) is 0 Å². The number of rotatable bonds is 7. The first-order valence-electron chi connectivity index (χ1n) is 12.7. The van der Waals surface area contributed by atoms with Crippen molar-refractivity contribution in [2.45, 2.75) is 30.7 Å². The Hall–Kier alpha value is -4.88. The summed E-state index contributed by atoms with van der Waals surface area (Å²) >= 11 is 0. The van der Waals surface area contributed by atoms with Gasteiger partial charge in [-0.15, -0.1) is 0 Å². The van der Waals surface area contributed by atoms with E-state index in [9.17, 15) is 40.2 Å². The molecule has 0 unspecified atom stereocenters. The number of aliphatic hydroxyl groups is 3. The van der Waals surface area contributed by atoms with Crippen molar-refractivity contribution in [2.75, 3.05) is 6.61 Å². The van der Waals surface area contributed by atoms with Gasteiger partial charge >= 0.3 is 5.97 Å². The van der Waals surface area contributed by atoms with Crippen LogP contribution in [-0.4, -0.2) is 73.9 Å². The minimum atomic E-state index is -1.67. The van der Waals surface area contributed by atoms with Crippen LogP contribution in [0.15, 0.2) is 82.0 Å². The van der Waals surface area contributed by atoms with Crippen molar-refractivity contribution in [1.82, 2.24) is 0 Å². The van der Waals surface area contributed by atoms with Gasteiger partial charge in [0.05, 0.1) is 0 Å². The predicted octanol–water partition coefficient (Wildman–Crippen LogP) is 2.02. The van der Waals surface area contributed by atoms with Gasteiger partial charge in [0.2, 0.25) is 6.29 Å². The monoisotopic (exact) mass is 578 g/mol. The molecule has 0 radical (unpaired) electrons. The summed E-state index contributed by atoms with van der Waals surface area (Å²) in [6.45, 7) is -0.450. The van der Waals surface area contributed by atoms with Gasteiger partial charge in [-0.05, 0) is 48.0 Å². The predicted molar refractivity (Wildman–Crippen MR) is 147 cm³/mol. The van der Waals surface area contributed by atoms with Gasteiger partial charge in [-0.25, -0.2) is 4.79 Å². The van der Waals surface area contributed by atoms with Gasteiger partial charge in [-0.1, -0.05) is 12.1 Å². The molecule has 3 aromatic carbocycles. The molecule has 42 heavy (non-hydrogen) atoms. The van der Waals surface area contributed by atoms with Gasteiger partial charge in [-0.3, -0.25) is 4.79 Å². The van der Waals surface area contributed by atoms with E-state index in [1.165, 1.54) is 42.5 Å². The van der Waals surface area contributed by atoms with Crippen LogP contribution < -0.4 is 10.2 Å². The largest absolute Gasteiger partial charge is 0.508 e. The molecule has 0 spiro atoms. The number of hydrogen-bond acceptors (Lipinski definition) is 12. The van der Waals surface area contributed by atoms with E-state index in [1.54, 1.807) is 24.3 Å². The normalized spacial score (nSPS) is 22.3. The lowest BCUT2D eigenvalue weighted by atomic mass is 9.99. The number of aromatic hydroxyl groups is 3. The summed E-state index contributed by atoms with van der Waals surface area (Å²) in [4.78, 5) is 24.6. The maximum atomic E-state index is 12.5. The summed E-state index contributed by atoms with van der Waals surface area (Å²) in [5.74, 6) is -1.02. The Kier molecular flexibility index (Phi) is 8.13. The van der Waals surface area contributed by atoms with Crippen LogP contribution in [-0.2, 0) is 14.3 Å². The average Bonchev–Trinajstić information content (AvgIpc) is 2.96. The maximum Gasteiger partial charge on any atom is 0.330 e. The summed E-state index contributed by atoms with van der Waals surface area (Å²) in [7, 11) is 0. The standard InChI is InChI=1S/C30H26O12/c31-17-6-1-15(2-7-17)3-10-25(35)39-14-24-27(36)28(37)29(38)30(42-24)40-19-8-4-16(5-9-19)22-13-21(34)26-20(33)11-18(32)12-23(26)41-22/h1-13,24,27-33,36-38H,14H2/b10-3+/t24-,27-,28+,29-,30-/m1/s1. The molecule has 6 N–H and O–H groups in total. The topological polar surface area (TPSA) is 196 Å². The van der Waals surface area contributed by atoms with Crippen molar-refractivity contribution < 1.29 is 54.1 Å². The number of benzene rings is 3. The second-order valence-electron chi connectivity index (χ2n) is 9.52. The Labute approximate surface area is 237 Å². The van der Waals surface area contributed by atoms with Gasteiger partial charge in [0, 0.05) is 29.8 Å². The summed E-state index contributed by atoms with van der Waals surface area (Å²) in [5.41, 5.74) is 0.565. The highest BCUT2D eigenvalue weighted by atomic mass is 16.7. The zero-order chi connectivity index (χ0) is 30.0. The average molecular weight is 579 g/mol. The third-order valence-electron chi connectivity index (χ3n) is 6.55. The highest BCUT2D eigenvalue weighted by Gasteiger charge is 2.45. The Morgan fingerprint density at radius 2 is 1.57 bits per heavy atom. The molecule has 1 aliphatic heterocycles. The zero-order valence-corrected chi connectivity index (χ0v) is 21.7. The van der Waals surface area contributed by atoms with Gasteiger partial charge in [0.15, 0.2) is 5.43 Å². The van der Waals surface area contributed by atoms with E-state index in [-0.39, 0.29) is 34.0 Å². The van der Waals surface area contributed by atoms with E-state index in [0.717, 1.165) is 12.1 Å². The molecule has 12 nitrogen and oxygen atoms in total. The van der Waals surface area contributed by atoms with Crippen LogP contribution in [0.25, 0.3) is 28.4 Å². The molecule has 5 atom stereocenters. The third-order valence-corrected chi connectivity index (χ3v) is 6.55. The van der Waals surface area contributed by atoms with Crippen LogP contribution in [0.5, 0.6) is 23.0 Å². The number of hydrogen-bond donors (Lipinski definition) is 6. The Bertz CT molecular complexity index is 1660. The van der Waals surface area contributed by atoms with Gasteiger partial charge in [0.25, 0.3) is 0 Å². The lowest BCUT2D eigenvalue weighted by molar-refractivity contribution is -0.278. The number of carbonyl (C=O) groups excluding carboxylic acids is 1. The maximum absolute atomic E-state index is 12.5. The first-order valence-corrected chi connectivity index (χ1v) is 12.7. The van der Waals surface area contributed by atoms with Crippen molar-refractivity contribution >= 4 is 23.0 Å². The van der Waals surface area contributed by atoms with Crippen molar-refractivity contribution in [3.05, 3.63) is 88.6 Å². The lowest BCUT2D eigenvalue weighted by Gasteiger charge is -2.39. The highest BCUT2D eigenvalue weighted by molar-refractivity contribution is 5.87. The van der Waals surface area contributed by atoms with Crippen LogP contribution >= 0.6 is 0 Å². The first-order chi connectivity index (χ1) is 20.1. The van der Waals surface area contributed by atoms with E-state index in [2.05, 4.69) is 0 Å². The number of fused-ring (bicyclic) bond motifs is 1. The second-order valence-corrected chi connectivity index (χ2v) is 9.52. The summed E-state index contributed by atoms with van der Waals surface area (Å²) in [6.07, 6.45) is -4.94. The van der Waals surface area contributed by atoms with Gasteiger partial charge in [-0.2, -0.15) is 0 Å². The Morgan fingerprint density at radius 1 is 0.857 bits per heavy atom. The molecule has 0 aliphatic carbocycles. The number of phenols is 3. The number of esters is 1. The molecule has 0 saturated carbocycles. The lowest BCUT2D eigenvalue weighted by Crippen LogP contribution is -2.60. The van der Waals surface area contributed by atoms with Gasteiger partial charge < -0.3 is 49.3 Å². The quantitative estimate of drug-likeness (QED) is 0.138. The minimum absolute atomic E-state index is 0.0100. The summed E-state index contributed by atoms with van der Waals surface area (Å²) < 4.78 is 22.1. The Balaban J connectivity index is 1.24. The molecule has 4 aromatic rings. The molecule has 12 heteroatoms. The van der Waals surface area contributed by atoms with E-state index in [4.69, 9.17) is 18.6 Å². The Morgan fingerprint density at radius 3 is 2.29 bits per heavy atom. The van der Waals surface area contributed by atoms with E-state index in [0.29, 0.717) is 11.1 Å². The highest BCUT2D eigenvalue weighted by Crippen LogP contribution is 2.31. The van der Waals surface area contributed by atoms with E-state index >= 15 is 0 Å². The molecule has 1 fully saturated rings. The van der Waals surface area contributed by atoms with Crippen molar-refractivity contribution in [3.8, 4) is 34.3 Å². The molecule has 0 amide bonds. The SMILES string of the molecule is O=C(/C=C/c1ccc(O)cc1)OC[C@H]1O[C@@H](Oc2ccc(-c3cc(=O)c4c(O)cc(O)cc4o3)cc2)[C@H](O)[C@@H](O)[C@@H]1O. The molecule has 1 aromatic heterocycles. The van der Waals surface area contributed by atoms with Crippen LogP contribution in [0.3, 0.4) is 0 Å². The van der Waals surface area contributed by atoms with Crippen molar-refractivity contribution in [1.29, 1.82) is 0 Å². The minimum Gasteiger partial charge on any atom is -0.508 e. The van der Waals surface area contributed by atoms with Gasteiger partial charge in [0.1, 0.15) is 70.8 Å². The van der Waals surface area contributed by atoms with Crippen molar-refractivity contribution in [3.63, 3.8) is 0 Å². The van der Waals surface area contributed by atoms with Crippen molar-refractivity contribution in [2.24, 2.45) is 0 Å². The number of ether oxygens (including phenoxy) is 3. The molecule has 218 valence electrons. The second kappa shape index (κ2) is 11.9. The zero-order valence-electron chi connectivity index (χ0n) is 21.7. The molecule has 2 heterocycles.